The molecule has 236 valence electrons. The van der Waals surface area contributed by atoms with E-state index < -0.39 is 39.7 Å². The Morgan fingerprint density at radius 2 is 1.72 bits per heavy atom. The van der Waals surface area contributed by atoms with Crippen LogP contribution in [0.5, 0.6) is 0 Å². The Morgan fingerprint density at radius 3 is 2.37 bits per heavy atom. The van der Waals surface area contributed by atoms with Gasteiger partial charge in [0.15, 0.2) is 0 Å². The van der Waals surface area contributed by atoms with E-state index in [1.165, 1.54) is 74.6 Å². The van der Waals surface area contributed by atoms with Crippen LogP contribution in [0.25, 0.3) is 55.6 Å². The predicted octanol–water partition coefficient (Wildman–Crippen LogP) is 6.87. The number of anilines is 1. The van der Waals surface area contributed by atoms with Crippen LogP contribution in [0.15, 0.2) is 82.1 Å². The van der Waals surface area contributed by atoms with Gasteiger partial charge in [-0.2, -0.15) is 8.78 Å². The van der Waals surface area contributed by atoms with Gasteiger partial charge < -0.3 is 14.7 Å². The number of hydrogen-bond donors (Lipinski definition) is 3. The zero-order chi connectivity index (χ0) is 32.9. The van der Waals surface area contributed by atoms with Gasteiger partial charge in [0.1, 0.15) is 23.0 Å². The number of sulfonamides is 1. The fourth-order valence-electron chi connectivity index (χ4n) is 5.21. The first-order chi connectivity index (χ1) is 21.9. The standard InChI is InChI=1S/C32H24F4N4O5S/c1-3-46(43,44)39-26-14-27-22(28(30(41)37-2)29(45-27)16-7-9-18(33)10-8-16)12-19(26)17-11-21(31(42)40(15-17)32(35)36)25-13-20-23(34)5-4-6-24(20)38-25/h4-15,32,38-39H,3H2,1-2H3,(H,37,41). The molecule has 6 rings (SSSR count). The fraction of sp³-hybridized carbons (Fsp3) is 0.125. The van der Waals surface area contributed by atoms with E-state index in [-0.39, 0.29) is 66.1 Å². The van der Waals surface area contributed by atoms with Crippen molar-refractivity contribution in [2.24, 2.45) is 0 Å². The largest absolute Gasteiger partial charge is 0.455 e. The Morgan fingerprint density at radius 1 is 0.978 bits per heavy atom. The highest BCUT2D eigenvalue weighted by atomic mass is 32.2. The van der Waals surface area contributed by atoms with E-state index in [1.54, 1.807) is 6.07 Å². The maximum absolute atomic E-state index is 14.5. The van der Waals surface area contributed by atoms with Gasteiger partial charge in [-0.3, -0.25) is 18.9 Å². The molecule has 1 amide bonds. The molecular formula is C32H24F4N4O5S. The average molecular weight is 653 g/mol. The molecule has 0 unspecified atom stereocenters. The van der Waals surface area contributed by atoms with Crippen molar-refractivity contribution in [2.45, 2.75) is 13.5 Å². The van der Waals surface area contributed by atoms with Crippen molar-refractivity contribution >= 4 is 43.5 Å². The molecule has 14 heteroatoms. The molecule has 0 radical (unpaired) electrons. The minimum absolute atomic E-state index is 0.0174. The molecule has 0 atom stereocenters. The van der Waals surface area contributed by atoms with E-state index >= 15 is 0 Å². The van der Waals surface area contributed by atoms with Gasteiger partial charge in [-0.05, 0) is 61.5 Å². The van der Waals surface area contributed by atoms with Crippen molar-refractivity contribution < 1.29 is 35.2 Å². The molecule has 0 saturated heterocycles. The zero-order valence-electron chi connectivity index (χ0n) is 24.1. The summed E-state index contributed by atoms with van der Waals surface area (Å²) in [6.45, 7) is -1.90. The van der Waals surface area contributed by atoms with Crippen molar-refractivity contribution in [3.05, 3.63) is 100 Å². The number of aromatic amines is 1. The lowest BCUT2D eigenvalue weighted by Crippen LogP contribution is -2.22. The van der Waals surface area contributed by atoms with Crippen LogP contribution in [0, 0.1) is 11.6 Å². The van der Waals surface area contributed by atoms with E-state index in [0.717, 1.165) is 6.20 Å². The number of amides is 1. The second-order valence-corrected chi connectivity index (χ2v) is 12.3. The molecule has 3 heterocycles. The number of H-pyrrole nitrogens is 1. The molecule has 0 aliphatic carbocycles. The van der Waals surface area contributed by atoms with Crippen molar-refractivity contribution in [1.82, 2.24) is 14.9 Å². The number of alkyl halides is 2. The highest BCUT2D eigenvalue weighted by Gasteiger charge is 2.26. The third-order valence-corrected chi connectivity index (χ3v) is 8.79. The van der Waals surface area contributed by atoms with E-state index in [9.17, 15) is 35.6 Å². The quantitative estimate of drug-likeness (QED) is 0.155. The SMILES string of the molecule is CCS(=O)(=O)Nc1cc2oc(-c3ccc(F)cc3)c(C(=O)NC)c2cc1-c1cc(-c2cc3c(F)cccc3[nH]2)c(=O)n(C(F)F)c1. The summed E-state index contributed by atoms with van der Waals surface area (Å²) in [6, 6.07) is 14.6. The molecule has 0 spiro atoms. The number of nitrogens with one attached hydrogen (secondary N) is 3. The first kappa shape index (κ1) is 30.6. The van der Waals surface area contributed by atoms with E-state index in [1.807, 2.05) is 0 Å². The van der Waals surface area contributed by atoms with Crippen LogP contribution < -0.4 is 15.6 Å². The molecule has 6 aromatic rings. The topological polar surface area (TPSA) is 126 Å². The van der Waals surface area contributed by atoms with E-state index in [0.29, 0.717) is 11.1 Å². The average Bonchev–Trinajstić information content (AvgIpc) is 3.63. The Hall–Kier alpha value is -5.37. The van der Waals surface area contributed by atoms with E-state index in [4.69, 9.17) is 4.42 Å². The lowest BCUT2D eigenvalue weighted by molar-refractivity contribution is 0.0666. The fourth-order valence-corrected chi connectivity index (χ4v) is 5.86. The molecule has 3 N–H and O–H groups in total. The Kier molecular flexibility index (Phi) is 7.68. The summed E-state index contributed by atoms with van der Waals surface area (Å²) >= 11 is 0. The van der Waals surface area contributed by atoms with Crippen LogP contribution in [-0.4, -0.2) is 36.7 Å². The van der Waals surface area contributed by atoms with E-state index in [2.05, 4.69) is 15.0 Å². The van der Waals surface area contributed by atoms with Crippen LogP contribution in [0.2, 0.25) is 0 Å². The summed E-state index contributed by atoms with van der Waals surface area (Å²) in [7, 11) is -2.57. The predicted molar refractivity (Wildman–Crippen MR) is 166 cm³/mol. The number of hydrogen-bond acceptors (Lipinski definition) is 5. The van der Waals surface area contributed by atoms with Gasteiger partial charge in [-0.1, -0.05) is 6.07 Å². The van der Waals surface area contributed by atoms with Crippen molar-refractivity contribution in [1.29, 1.82) is 0 Å². The minimum Gasteiger partial charge on any atom is -0.455 e. The van der Waals surface area contributed by atoms with Crippen molar-refractivity contribution in [3.63, 3.8) is 0 Å². The van der Waals surface area contributed by atoms with Gasteiger partial charge >= 0.3 is 6.55 Å². The number of nitrogens with zero attached hydrogens (tertiary/aromatic N) is 1. The summed E-state index contributed by atoms with van der Waals surface area (Å²) < 4.78 is 90.9. The third-order valence-electron chi connectivity index (χ3n) is 7.50. The number of benzene rings is 3. The maximum Gasteiger partial charge on any atom is 0.321 e. The number of furan rings is 1. The van der Waals surface area contributed by atoms with Gasteiger partial charge in [0, 0.05) is 52.3 Å². The van der Waals surface area contributed by atoms with Crippen LogP contribution in [0.1, 0.15) is 23.8 Å². The highest BCUT2D eigenvalue weighted by Crippen LogP contribution is 2.41. The number of fused-ring (bicyclic) bond motifs is 2. The van der Waals surface area contributed by atoms with Crippen molar-refractivity contribution in [3.8, 4) is 33.7 Å². The third kappa shape index (κ3) is 5.40. The molecule has 3 aromatic carbocycles. The summed E-state index contributed by atoms with van der Waals surface area (Å²) in [5.41, 5.74) is -0.643. The molecule has 3 aromatic heterocycles. The van der Waals surface area contributed by atoms with Crippen LogP contribution >= 0.6 is 0 Å². The first-order valence-corrected chi connectivity index (χ1v) is 15.5. The number of rotatable bonds is 8. The van der Waals surface area contributed by atoms with Crippen molar-refractivity contribution in [2.75, 3.05) is 17.5 Å². The monoisotopic (exact) mass is 652 g/mol. The lowest BCUT2D eigenvalue weighted by atomic mass is 9.98. The van der Waals surface area contributed by atoms with Crippen LogP contribution in [0.4, 0.5) is 23.2 Å². The summed E-state index contributed by atoms with van der Waals surface area (Å²) in [5.74, 6) is -2.00. The second kappa shape index (κ2) is 11.5. The van der Waals surface area contributed by atoms with Gasteiger partial charge in [0.05, 0.1) is 28.3 Å². The number of carbonyl (C=O) groups excluding carboxylic acids is 1. The molecule has 46 heavy (non-hydrogen) atoms. The van der Waals surface area contributed by atoms with Gasteiger partial charge in [0.2, 0.25) is 10.0 Å². The molecule has 0 saturated carbocycles. The summed E-state index contributed by atoms with van der Waals surface area (Å²) in [4.78, 5) is 29.3. The van der Waals surface area contributed by atoms with Crippen LogP contribution in [0.3, 0.4) is 0 Å². The molecule has 0 bridgehead atoms. The smallest absolute Gasteiger partial charge is 0.321 e. The Labute approximate surface area is 258 Å². The molecule has 9 nitrogen and oxygen atoms in total. The molecular weight excluding hydrogens is 628 g/mol. The number of halogens is 4. The first-order valence-electron chi connectivity index (χ1n) is 13.8. The number of carbonyl (C=O) groups is 1. The highest BCUT2D eigenvalue weighted by molar-refractivity contribution is 7.92. The summed E-state index contributed by atoms with van der Waals surface area (Å²) in [5, 5.41) is 2.83. The van der Waals surface area contributed by atoms with Gasteiger partial charge in [-0.25, -0.2) is 17.2 Å². The second-order valence-electron chi connectivity index (χ2n) is 10.3. The number of aromatic nitrogens is 2. The zero-order valence-corrected chi connectivity index (χ0v) is 24.9. The van der Waals surface area contributed by atoms with Crippen LogP contribution in [-0.2, 0) is 10.0 Å². The summed E-state index contributed by atoms with van der Waals surface area (Å²) in [6.07, 6.45) is 0.866. The maximum atomic E-state index is 14.5. The van der Waals surface area contributed by atoms with Gasteiger partial charge in [-0.15, -0.1) is 0 Å². The Bertz CT molecular complexity index is 2330. The normalized spacial score (nSPS) is 11.9. The minimum atomic E-state index is -3.95. The number of pyridine rings is 1. The Balaban J connectivity index is 1.67. The van der Waals surface area contributed by atoms with Gasteiger partial charge in [0.25, 0.3) is 11.5 Å². The molecule has 0 fully saturated rings. The molecule has 0 aliphatic heterocycles. The lowest BCUT2D eigenvalue weighted by Gasteiger charge is -2.15. The molecule has 0 aliphatic rings.